The molecule has 1 aliphatic heterocycles. The first-order valence-corrected chi connectivity index (χ1v) is 11.4. The Hall–Kier alpha value is -3.74. The van der Waals surface area contributed by atoms with Gasteiger partial charge >= 0.3 is 0 Å². The van der Waals surface area contributed by atoms with Crippen molar-refractivity contribution in [1.29, 1.82) is 0 Å². The molecule has 4 aromatic heterocycles. The van der Waals surface area contributed by atoms with Crippen molar-refractivity contribution in [3.8, 4) is 0 Å². The fourth-order valence-corrected chi connectivity index (χ4v) is 4.55. The van der Waals surface area contributed by atoms with E-state index in [1.807, 2.05) is 71.9 Å². The fourth-order valence-electron chi connectivity index (χ4n) is 4.55. The molecule has 1 amide bonds. The van der Waals surface area contributed by atoms with Crippen LogP contribution in [0.4, 0.5) is 11.5 Å². The van der Waals surface area contributed by atoms with E-state index in [0.717, 1.165) is 59.2 Å². The Balaban J connectivity index is 1.26. The van der Waals surface area contributed by atoms with Crippen LogP contribution in [0, 0.1) is 13.8 Å². The molecule has 5 rings (SSSR count). The maximum atomic E-state index is 13.2. The van der Waals surface area contributed by atoms with Crippen LogP contribution in [0.1, 0.15) is 41.4 Å². The molecule has 1 atom stereocenters. The molecule has 1 saturated heterocycles. The summed E-state index contributed by atoms with van der Waals surface area (Å²) in [7, 11) is 0. The summed E-state index contributed by atoms with van der Waals surface area (Å²) in [4.78, 5) is 28.8. The first kappa shape index (κ1) is 21.1. The summed E-state index contributed by atoms with van der Waals surface area (Å²) in [5.74, 6) is 1.23. The first-order chi connectivity index (χ1) is 16.1. The van der Waals surface area contributed by atoms with Gasteiger partial charge in [-0.3, -0.25) is 9.78 Å². The lowest BCUT2D eigenvalue weighted by molar-refractivity contribution is -0.131. The molecule has 33 heavy (non-hydrogen) atoms. The smallest absolute Gasteiger partial charge is 0.228 e. The zero-order valence-electron chi connectivity index (χ0n) is 19.0. The van der Waals surface area contributed by atoms with Crippen molar-refractivity contribution < 1.29 is 4.79 Å². The summed E-state index contributed by atoms with van der Waals surface area (Å²) in [5, 5.41) is 3.33. The second kappa shape index (κ2) is 9.02. The largest absolute Gasteiger partial charge is 0.342 e. The van der Waals surface area contributed by atoms with E-state index in [0.29, 0.717) is 13.0 Å². The Morgan fingerprint density at radius 1 is 1.12 bits per heavy atom. The number of fused-ring (bicyclic) bond motifs is 1. The predicted octanol–water partition coefficient (Wildman–Crippen LogP) is 4.43. The van der Waals surface area contributed by atoms with E-state index in [2.05, 4.69) is 21.4 Å². The summed E-state index contributed by atoms with van der Waals surface area (Å²) >= 11 is 0. The number of imidazole rings is 1. The number of aromatic nitrogens is 4. The lowest BCUT2D eigenvalue weighted by Gasteiger charge is -2.32. The predicted molar refractivity (Wildman–Crippen MR) is 129 cm³/mol. The van der Waals surface area contributed by atoms with Crippen molar-refractivity contribution in [2.45, 2.75) is 39.0 Å². The molecule has 1 aliphatic rings. The first-order valence-electron chi connectivity index (χ1n) is 11.4. The number of rotatable bonds is 5. The van der Waals surface area contributed by atoms with Crippen molar-refractivity contribution in [3.05, 3.63) is 83.7 Å². The van der Waals surface area contributed by atoms with Crippen LogP contribution in [-0.2, 0) is 11.2 Å². The number of hydrogen-bond acceptors (Lipinski definition) is 5. The number of carbonyl (C=O) groups excluding carboxylic acids is 1. The van der Waals surface area contributed by atoms with Crippen LogP contribution in [0.5, 0.6) is 0 Å². The highest BCUT2D eigenvalue weighted by atomic mass is 16.2. The lowest BCUT2D eigenvalue weighted by Crippen LogP contribution is -2.40. The van der Waals surface area contributed by atoms with Gasteiger partial charge < -0.3 is 14.6 Å². The van der Waals surface area contributed by atoms with Gasteiger partial charge in [-0.15, -0.1) is 0 Å². The molecule has 0 unspecified atom stereocenters. The van der Waals surface area contributed by atoms with Gasteiger partial charge in [0.2, 0.25) is 5.91 Å². The molecule has 0 saturated carbocycles. The second-order valence-corrected chi connectivity index (χ2v) is 8.69. The Bertz CT molecular complexity index is 1280. The zero-order valence-corrected chi connectivity index (χ0v) is 19.0. The average molecular weight is 441 g/mol. The van der Waals surface area contributed by atoms with Crippen LogP contribution >= 0.6 is 0 Å². The number of likely N-dealkylation sites (tertiary alicyclic amines) is 1. The highest BCUT2D eigenvalue weighted by Crippen LogP contribution is 2.27. The molecule has 1 N–H and O–H groups in total. The molecule has 5 heterocycles. The van der Waals surface area contributed by atoms with E-state index < -0.39 is 0 Å². The lowest BCUT2D eigenvalue weighted by atomic mass is 9.94. The highest BCUT2D eigenvalue weighted by molar-refractivity contribution is 5.79. The Labute approximate surface area is 193 Å². The van der Waals surface area contributed by atoms with E-state index in [9.17, 15) is 4.79 Å². The van der Waals surface area contributed by atoms with Gasteiger partial charge in [-0.2, -0.15) is 0 Å². The number of nitrogens with zero attached hydrogens (tertiary/aromatic N) is 5. The van der Waals surface area contributed by atoms with Crippen molar-refractivity contribution in [3.63, 3.8) is 0 Å². The molecule has 1 fully saturated rings. The molecule has 0 bridgehead atoms. The number of aryl methyl sites for hydroxylation is 2. The molecule has 7 nitrogen and oxygen atoms in total. The molecule has 4 aromatic rings. The van der Waals surface area contributed by atoms with Gasteiger partial charge in [-0.25, -0.2) is 9.97 Å². The van der Waals surface area contributed by atoms with Gasteiger partial charge in [-0.1, -0.05) is 12.1 Å². The third-order valence-corrected chi connectivity index (χ3v) is 6.40. The highest BCUT2D eigenvalue weighted by Gasteiger charge is 2.26. The Morgan fingerprint density at radius 2 is 2.03 bits per heavy atom. The maximum Gasteiger partial charge on any atom is 0.228 e. The van der Waals surface area contributed by atoms with E-state index in [1.54, 1.807) is 6.20 Å². The van der Waals surface area contributed by atoms with Crippen LogP contribution < -0.4 is 5.32 Å². The SMILES string of the molecule is Cc1cccnc1Nc1ccc([C@H]2CCCN(C(=O)Cc3c(C)nc4ccccn34)C2)nc1. The Kier molecular flexibility index (Phi) is 5.77. The van der Waals surface area contributed by atoms with E-state index in [-0.39, 0.29) is 11.8 Å². The van der Waals surface area contributed by atoms with Gasteiger partial charge in [0.25, 0.3) is 0 Å². The quantitative estimate of drug-likeness (QED) is 0.497. The molecular formula is C26H28N6O. The Morgan fingerprint density at radius 3 is 2.85 bits per heavy atom. The third-order valence-electron chi connectivity index (χ3n) is 6.40. The molecule has 0 radical (unpaired) electrons. The summed E-state index contributed by atoms with van der Waals surface area (Å²) < 4.78 is 2.02. The minimum absolute atomic E-state index is 0.150. The number of pyridine rings is 3. The van der Waals surface area contributed by atoms with Gasteiger partial charge in [0.05, 0.1) is 29.7 Å². The van der Waals surface area contributed by atoms with Crippen LogP contribution in [0.15, 0.2) is 61.1 Å². The van der Waals surface area contributed by atoms with Crippen LogP contribution in [0.3, 0.4) is 0 Å². The standard InChI is InChI=1S/C26H28N6O/c1-18-7-5-12-27-26(18)30-21-10-11-22(28-16-21)20-8-6-13-31(17-20)25(33)15-23-19(2)29-24-9-3-4-14-32(23)24/h3-5,7,9-12,14,16,20H,6,8,13,15,17H2,1-2H3,(H,27,30)/t20-/m0/s1. The minimum atomic E-state index is 0.150. The molecule has 7 heteroatoms. The van der Waals surface area contributed by atoms with Crippen molar-refractivity contribution in [2.24, 2.45) is 0 Å². The summed E-state index contributed by atoms with van der Waals surface area (Å²) in [6.45, 7) is 5.50. The number of amides is 1. The van der Waals surface area contributed by atoms with Crippen LogP contribution in [0.2, 0.25) is 0 Å². The third kappa shape index (κ3) is 4.44. The molecular weight excluding hydrogens is 412 g/mol. The average Bonchev–Trinajstić information content (AvgIpc) is 3.16. The van der Waals surface area contributed by atoms with Crippen molar-refractivity contribution in [2.75, 3.05) is 18.4 Å². The fraction of sp³-hybridized carbons (Fsp3) is 0.308. The number of hydrogen-bond donors (Lipinski definition) is 1. The van der Waals surface area contributed by atoms with Crippen LogP contribution in [0.25, 0.3) is 5.65 Å². The van der Waals surface area contributed by atoms with E-state index in [1.165, 1.54) is 0 Å². The number of carbonyl (C=O) groups is 1. The van der Waals surface area contributed by atoms with Gasteiger partial charge in [0.1, 0.15) is 11.5 Å². The van der Waals surface area contributed by atoms with E-state index >= 15 is 0 Å². The summed E-state index contributed by atoms with van der Waals surface area (Å²) in [6, 6.07) is 14.0. The zero-order chi connectivity index (χ0) is 22.8. The topological polar surface area (TPSA) is 75.4 Å². The van der Waals surface area contributed by atoms with Crippen molar-refractivity contribution in [1.82, 2.24) is 24.3 Å². The number of nitrogens with one attached hydrogen (secondary N) is 1. The monoisotopic (exact) mass is 440 g/mol. The van der Waals surface area contributed by atoms with E-state index in [4.69, 9.17) is 4.98 Å². The number of piperidine rings is 1. The molecule has 0 aliphatic carbocycles. The molecule has 168 valence electrons. The summed E-state index contributed by atoms with van der Waals surface area (Å²) in [6.07, 6.45) is 7.99. The number of anilines is 2. The second-order valence-electron chi connectivity index (χ2n) is 8.69. The molecule has 0 spiro atoms. The summed E-state index contributed by atoms with van der Waals surface area (Å²) in [5.41, 5.74) is 5.79. The van der Waals surface area contributed by atoms with Gasteiger partial charge in [0, 0.05) is 37.1 Å². The van der Waals surface area contributed by atoms with Crippen LogP contribution in [-0.4, -0.2) is 43.2 Å². The van der Waals surface area contributed by atoms with Gasteiger partial charge in [-0.05, 0) is 62.6 Å². The normalized spacial score (nSPS) is 16.2. The maximum absolute atomic E-state index is 13.2. The molecule has 0 aromatic carbocycles. The van der Waals surface area contributed by atoms with Gasteiger partial charge in [0.15, 0.2) is 0 Å². The van der Waals surface area contributed by atoms with Crippen molar-refractivity contribution >= 4 is 23.1 Å². The minimum Gasteiger partial charge on any atom is -0.342 e.